The molecule has 0 aliphatic rings. The Kier molecular flexibility index (Phi) is 6.38. The van der Waals surface area contributed by atoms with Crippen LogP contribution in [0.4, 0.5) is 0 Å². The third-order valence-electron chi connectivity index (χ3n) is 3.27. The summed E-state index contributed by atoms with van der Waals surface area (Å²) in [6.45, 7) is 2.64. The van der Waals surface area contributed by atoms with Crippen molar-refractivity contribution in [3.63, 3.8) is 0 Å². The highest BCUT2D eigenvalue weighted by molar-refractivity contribution is 6.18. The summed E-state index contributed by atoms with van der Waals surface area (Å²) in [7, 11) is 0. The Hall–Kier alpha value is -1.02. The van der Waals surface area contributed by atoms with Gasteiger partial charge in [0.15, 0.2) is 0 Å². The van der Waals surface area contributed by atoms with E-state index in [-0.39, 0.29) is 0 Å². The average molecular weight is 308 g/mol. The lowest BCUT2D eigenvalue weighted by atomic mass is 10.0. The summed E-state index contributed by atoms with van der Waals surface area (Å²) in [5, 5.41) is 0. The first-order valence-electron chi connectivity index (χ1n) is 6.82. The van der Waals surface area contributed by atoms with Crippen LogP contribution in [0.15, 0.2) is 54.6 Å². The molecule has 20 heavy (non-hydrogen) atoms. The Balaban J connectivity index is 2.04. The molecule has 2 aromatic rings. The van der Waals surface area contributed by atoms with Crippen LogP contribution in [0.5, 0.6) is 0 Å². The Morgan fingerprint density at radius 2 is 1.25 bits per heavy atom. The van der Waals surface area contributed by atoms with Gasteiger partial charge in [0.25, 0.3) is 0 Å². The molecule has 3 heteroatoms. The van der Waals surface area contributed by atoms with Crippen molar-refractivity contribution in [2.45, 2.75) is 6.54 Å². The lowest BCUT2D eigenvalue weighted by Crippen LogP contribution is -2.27. The summed E-state index contributed by atoms with van der Waals surface area (Å²) in [6, 6.07) is 19.1. The Morgan fingerprint density at radius 3 is 1.80 bits per heavy atom. The first-order valence-corrected chi connectivity index (χ1v) is 7.89. The predicted octanol–water partition coefficient (Wildman–Crippen LogP) is 4.63. The molecule has 0 aliphatic heterocycles. The topological polar surface area (TPSA) is 3.24 Å². The van der Waals surface area contributed by atoms with Crippen LogP contribution < -0.4 is 0 Å². The smallest absolute Gasteiger partial charge is 0.0351 e. The summed E-state index contributed by atoms with van der Waals surface area (Å²) >= 11 is 11.6. The molecule has 0 N–H and O–H groups in total. The molecule has 0 heterocycles. The zero-order chi connectivity index (χ0) is 14.2. The van der Waals surface area contributed by atoms with Crippen LogP contribution in [0.25, 0.3) is 11.1 Å². The van der Waals surface area contributed by atoms with Gasteiger partial charge in [-0.15, -0.1) is 23.2 Å². The van der Waals surface area contributed by atoms with Crippen molar-refractivity contribution >= 4 is 23.2 Å². The maximum Gasteiger partial charge on any atom is 0.0351 e. The highest BCUT2D eigenvalue weighted by atomic mass is 35.5. The van der Waals surface area contributed by atoms with Gasteiger partial charge >= 0.3 is 0 Å². The maximum atomic E-state index is 5.82. The van der Waals surface area contributed by atoms with Gasteiger partial charge in [-0.1, -0.05) is 54.6 Å². The molecule has 0 fully saturated rings. The quantitative estimate of drug-likeness (QED) is 0.674. The molecule has 0 spiro atoms. The zero-order valence-corrected chi connectivity index (χ0v) is 12.9. The molecular weight excluding hydrogens is 289 g/mol. The number of hydrogen-bond donors (Lipinski definition) is 0. The second kappa shape index (κ2) is 8.31. The molecule has 0 unspecified atom stereocenters. The van der Waals surface area contributed by atoms with E-state index in [4.69, 9.17) is 23.2 Å². The number of alkyl halides is 2. The zero-order valence-electron chi connectivity index (χ0n) is 11.4. The summed E-state index contributed by atoms with van der Waals surface area (Å²) in [6.07, 6.45) is 0. The van der Waals surface area contributed by atoms with Crippen LogP contribution in [0.3, 0.4) is 0 Å². The van der Waals surface area contributed by atoms with E-state index in [2.05, 4.69) is 53.4 Å². The standard InChI is InChI=1S/C17H19Cl2N/c18-10-12-20(13-11-19)14-15-6-8-17(9-7-15)16-4-2-1-3-5-16/h1-9H,10-14H2. The molecule has 2 aromatic carbocycles. The van der Waals surface area contributed by atoms with Crippen molar-refractivity contribution in [1.29, 1.82) is 0 Å². The van der Waals surface area contributed by atoms with E-state index in [0.29, 0.717) is 11.8 Å². The normalized spacial score (nSPS) is 10.9. The summed E-state index contributed by atoms with van der Waals surface area (Å²) in [4.78, 5) is 2.28. The van der Waals surface area contributed by atoms with Crippen molar-refractivity contribution < 1.29 is 0 Å². The molecule has 1 nitrogen and oxygen atoms in total. The Morgan fingerprint density at radius 1 is 0.700 bits per heavy atom. The van der Waals surface area contributed by atoms with Crippen LogP contribution >= 0.6 is 23.2 Å². The Bertz CT molecular complexity index is 490. The second-order valence-corrected chi connectivity index (χ2v) is 5.47. The van der Waals surface area contributed by atoms with Gasteiger partial charge in [-0.05, 0) is 16.7 Å². The first kappa shape index (κ1) is 15.4. The fraction of sp³-hybridized carbons (Fsp3) is 0.294. The highest BCUT2D eigenvalue weighted by Gasteiger charge is 2.05. The lowest BCUT2D eigenvalue weighted by molar-refractivity contribution is 0.299. The van der Waals surface area contributed by atoms with Crippen molar-refractivity contribution in [1.82, 2.24) is 4.90 Å². The minimum atomic E-state index is 0.638. The van der Waals surface area contributed by atoms with E-state index in [1.165, 1.54) is 16.7 Å². The lowest BCUT2D eigenvalue weighted by Gasteiger charge is -2.20. The van der Waals surface area contributed by atoms with Gasteiger partial charge < -0.3 is 0 Å². The highest BCUT2D eigenvalue weighted by Crippen LogP contribution is 2.19. The third kappa shape index (κ3) is 4.52. The predicted molar refractivity (Wildman–Crippen MR) is 88.6 cm³/mol. The van der Waals surface area contributed by atoms with Crippen LogP contribution in [0.2, 0.25) is 0 Å². The van der Waals surface area contributed by atoms with Crippen LogP contribution in [0.1, 0.15) is 5.56 Å². The van der Waals surface area contributed by atoms with Gasteiger partial charge in [0.05, 0.1) is 0 Å². The summed E-state index contributed by atoms with van der Waals surface area (Å²) in [5.41, 5.74) is 3.79. The molecule has 2 rings (SSSR count). The molecule has 0 saturated carbocycles. The van der Waals surface area contributed by atoms with Crippen LogP contribution in [-0.2, 0) is 6.54 Å². The largest absolute Gasteiger partial charge is 0.297 e. The second-order valence-electron chi connectivity index (χ2n) is 4.72. The van der Waals surface area contributed by atoms with Gasteiger partial charge in [-0.2, -0.15) is 0 Å². The van der Waals surface area contributed by atoms with Crippen molar-refractivity contribution in [3.8, 4) is 11.1 Å². The van der Waals surface area contributed by atoms with E-state index >= 15 is 0 Å². The minimum Gasteiger partial charge on any atom is -0.297 e. The first-order chi connectivity index (χ1) is 9.83. The average Bonchev–Trinajstić information content (AvgIpc) is 2.49. The van der Waals surface area contributed by atoms with Gasteiger partial charge in [0.2, 0.25) is 0 Å². The van der Waals surface area contributed by atoms with Crippen molar-refractivity contribution in [2.24, 2.45) is 0 Å². The SMILES string of the molecule is ClCCN(CCCl)Cc1ccc(-c2ccccc2)cc1. The number of hydrogen-bond acceptors (Lipinski definition) is 1. The number of halogens is 2. The molecule has 106 valence electrons. The molecule has 0 saturated heterocycles. The van der Waals surface area contributed by atoms with Gasteiger partial charge in [0.1, 0.15) is 0 Å². The minimum absolute atomic E-state index is 0.638. The fourth-order valence-electron chi connectivity index (χ4n) is 2.20. The van der Waals surface area contributed by atoms with Gasteiger partial charge in [-0.3, -0.25) is 4.90 Å². The van der Waals surface area contributed by atoms with E-state index in [0.717, 1.165) is 19.6 Å². The van der Waals surface area contributed by atoms with Gasteiger partial charge in [0, 0.05) is 31.4 Å². The summed E-state index contributed by atoms with van der Waals surface area (Å²) in [5.74, 6) is 1.28. The fourth-order valence-corrected chi connectivity index (χ4v) is 2.68. The molecule has 0 aliphatic carbocycles. The molecule has 0 amide bonds. The molecule has 0 radical (unpaired) electrons. The molecule has 0 aromatic heterocycles. The third-order valence-corrected chi connectivity index (χ3v) is 3.61. The van der Waals surface area contributed by atoms with E-state index in [9.17, 15) is 0 Å². The Labute approximate surface area is 131 Å². The van der Waals surface area contributed by atoms with Crippen LogP contribution in [0, 0.1) is 0 Å². The van der Waals surface area contributed by atoms with Gasteiger partial charge in [-0.25, -0.2) is 0 Å². The maximum absolute atomic E-state index is 5.82. The van der Waals surface area contributed by atoms with Crippen LogP contribution in [-0.4, -0.2) is 29.7 Å². The molecule has 0 bridgehead atoms. The molecular formula is C17H19Cl2N. The molecule has 0 atom stereocenters. The van der Waals surface area contributed by atoms with E-state index < -0.39 is 0 Å². The monoisotopic (exact) mass is 307 g/mol. The number of nitrogens with zero attached hydrogens (tertiary/aromatic N) is 1. The van der Waals surface area contributed by atoms with E-state index in [1.54, 1.807) is 0 Å². The number of rotatable bonds is 7. The number of benzene rings is 2. The van der Waals surface area contributed by atoms with Crippen molar-refractivity contribution in [3.05, 3.63) is 60.2 Å². The van der Waals surface area contributed by atoms with E-state index in [1.807, 2.05) is 6.07 Å². The van der Waals surface area contributed by atoms with Crippen molar-refractivity contribution in [2.75, 3.05) is 24.8 Å². The summed E-state index contributed by atoms with van der Waals surface area (Å²) < 4.78 is 0.